The number of aromatic nitrogens is 1. The molecule has 17 heavy (non-hydrogen) atoms. The quantitative estimate of drug-likeness (QED) is 0.764. The highest BCUT2D eigenvalue weighted by Gasteiger charge is 2.05. The molecule has 5 nitrogen and oxygen atoms in total. The third kappa shape index (κ3) is 4.52. The number of hydrogen-bond donors (Lipinski definition) is 3. The van der Waals surface area contributed by atoms with Crippen molar-refractivity contribution >= 4 is 23.5 Å². The van der Waals surface area contributed by atoms with E-state index < -0.39 is 0 Å². The van der Waals surface area contributed by atoms with Gasteiger partial charge in [0.15, 0.2) is 0 Å². The lowest BCUT2D eigenvalue weighted by atomic mass is 10.3. The Balaban J connectivity index is 2.50. The topological polar surface area (TPSA) is 74.0 Å². The molecule has 2 amide bonds. The first kappa shape index (κ1) is 13.6. The molecule has 1 heterocycles. The molecule has 0 aromatic carbocycles. The van der Waals surface area contributed by atoms with Crippen molar-refractivity contribution in [3.05, 3.63) is 28.2 Å². The summed E-state index contributed by atoms with van der Waals surface area (Å²) in [4.78, 5) is 25.2. The van der Waals surface area contributed by atoms with Gasteiger partial charge in [-0.1, -0.05) is 6.92 Å². The first-order chi connectivity index (χ1) is 8.02. The number of carbonyl (C=O) groups is 1. The summed E-state index contributed by atoms with van der Waals surface area (Å²) in [5.74, 6) is 0. The van der Waals surface area contributed by atoms with E-state index in [0.29, 0.717) is 23.0 Å². The van der Waals surface area contributed by atoms with Crippen LogP contribution in [0.15, 0.2) is 17.1 Å². The Labute approximate surface area is 104 Å². The molecule has 6 heteroatoms. The van der Waals surface area contributed by atoms with E-state index in [1.54, 1.807) is 24.8 Å². The van der Waals surface area contributed by atoms with E-state index in [2.05, 4.69) is 15.6 Å². The zero-order valence-corrected chi connectivity index (χ0v) is 11.0. The van der Waals surface area contributed by atoms with E-state index in [1.165, 1.54) is 6.20 Å². The molecule has 0 aliphatic heterocycles. The molecule has 0 bridgehead atoms. The summed E-state index contributed by atoms with van der Waals surface area (Å²) in [6, 6.07) is 1.37. The average Bonchev–Trinajstić information content (AvgIpc) is 2.31. The number of amides is 2. The number of pyridine rings is 1. The Kier molecular flexibility index (Phi) is 5.09. The minimum absolute atomic E-state index is 0.146. The molecule has 1 aromatic heterocycles. The van der Waals surface area contributed by atoms with Gasteiger partial charge < -0.3 is 15.6 Å². The third-order valence-corrected chi connectivity index (χ3v) is 3.27. The van der Waals surface area contributed by atoms with Crippen molar-refractivity contribution < 1.29 is 4.79 Å². The van der Waals surface area contributed by atoms with Crippen LogP contribution in [0.1, 0.15) is 12.5 Å². The number of rotatable bonds is 4. The van der Waals surface area contributed by atoms with Gasteiger partial charge in [0.1, 0.15) is 0 Å². The van der Waals surface area contributed by atoms with Crippen LogP contribution in [-0.4, -0.2) is 29.1 Å². The molecule has 3 N–H and O–H groups in total. The second-order valence-electron chi connectivity index (χ2n) is 3.78. The highest BCUT2D eigenvalue weighted by molar-refractivity contribution is 7.99. The first-order valence-corrected chi connectivity index (χ1v) is 6.58. The Morgan fingerprint density at radius 1 is 1.59 bits per heavy atom. The molecule has 1 unspecified atom stereocenters. The van der Waals surface area contributed by atoms with E-state index >= 15 is 0 Å². The predicted molar refractivity (Wildman–Crippen MR) is 71.8 cm³/mol. The van der Waals surface area contributed by atoms with Crippen LogP contribution in [0, 0.1) is 6.92 Å². The molecule has 0 aliphatic carbocycles. The minimum Gasteiger partial charge on any atom is -0.337 e. The summed E-state index contributed by atoms with van der Waals surface area (Å²) in [6.07, 6.45) is 3.47. The monoisotopic (exact) mass is 255 g/mol. The number of aromatic amines is 1. The van der Waals surface area contributed by atoms with Crippen LogP contribution in [-0.2, 0) is 0 Å². The summed E-state index contributed by atoms with van der Waals surface area (Å²) < 4.78 is 0. The van der Waals surface area contributed by atoms with Crippen molar-refractivity contribution in [3.8, 4) is 0 Å². The second kappa shape index (κ2) is 6.34. The number of nitrogens with one attached hydrogen (secondary N) is 3. The van der Waals surface area contributed by atoms with Gasteiger partial charge in [0, 0.05) is 23.6 Å². The maximum absolute atomic E-state index is 11.5. The minimum atomic E-state index is -0.266. The Bertz CT molecular complexity index is 445. The van der Waals surface area contributed by atoms with Gasteiger partial charge in [-0.05, 0) is 19.2 Å². The summed E-state index contributed by atoms with van der Waals surface area (Å²) >= 11 is 1.69. The molecule has 0 saturated heterocycles. The van der Waals surface area contributed by atoms with Crippen molar-refractivity contribution in [1.82, 2.24) is 10.3 Å². The van der Waals surface area contributed by atoms with Crippen molar-refractivity contribution in [1.29, 1.82) is 0 Å². The van der Waals surface area contributed by atoms with Crippen LogP contribution in [0.2, 0.25) is 0 Å². The van der Waals surface area contributed by atoms with Crippen molar-refractivity contribution in [3.63, 3.8) is 0 Å². The molecule has 0 saturated carbocycles. The van der Waals surface area contributed by atoms with Crippen molar-refractivity contribution in [2.45, 2.75) is 19.1 Å². The summed E-state index contributed by atoms with van der Waals surface area (Å²) in [6.45, 7) is 4.34. The van der Waals surface area contributed by atoms with E-state index in [1.807, 2.05) is 13.2 Å². The SMILES string of the molecule is CSC(C)CNC(=O)Nc1c[nH]c(=O)c(C)c1. The molecule has 0 aliphatic rings. The highest BCUT2D eigenvalue weighted by atomic mass is 32.2. The van der Waals surface area contributed by atoms with Crippen molar-refractivity contribution in [2.24, 2.45) is 0 Å². The van der Waals surface area contributed by atoms with Gasteiger partial charge in [-0.3, -0.25) is 4.79 Å². The third-order valence-electron chi connectivity index (χ3n) is 2.30. The zero-order chi connectivity index (χ0) is 12.8. The Morgan fingerprint density at radius 3 is 2.88 bits per heavy atom. The largest absolute Gasteiger partial charge is 0.337 e. The van der Waals surface area contributed by atoms with Crippen LogP contribution < -0.4 is 16.2 Å². The number of hydrogen-bond acceptors (Lipinski definition) is 3. The molecule has 1 aromatic rings. The van der Waals surface area contributed by atoms with Crippen LogP contribution in [0.25, 0.3) is 0 Å². The van der Waals surface area contributed by atoms with Gasteiger partial charge in [0.05, 0.1) is 5.69 Å². The average molecular weight is 255 g/mol. The van der Waals surface area contributed by atoms with Gasteiger partial charge in [-0.2, -0.15) is 11.8 Å². The predicted octanol–water partition coefficient (Wildman–Crippen LogP) is 1.56. The second-order valence-corrected chi connectivity index (χ2v) is 5.06. The smallest absolute Gasteiger partial charge is 0.319 e. The van der Waals surface area contributed by atoms with Crippen molar-refractivity contribution in [2.75, 3.05) is 18.1 Å². The Morgan fingerprint density at radius 2 is 2.29 bits per heavy atom. The van der Waals surface area contributed by atoms with Gasteiger partial charge in [0.2, 0.25) is 0 Å². The fourth-order valence-corrected chi connectivity index (χ4v) is 1.41. The molecule has 1 rings (SSSR count). The lowest BCUT2D eigenvalue weighted by Crippen LogP contribution is -2.33. The van der Waals surface area contributed by atoms with Gasteiger partial charge in [0.25, 0.3) is 5.56 Å². The molecule has 94 valence electrons. The lowest BCUT2D eigenvalue weighted by molar-refractivity contribution is 0.252. The first-order valence-electron chi connectivity index (χ1n) is 5.30. The fraction of sp³-hybridized carbons (Fsp3) is 0.455. The van der Waals surface area contributed by atoms with E-state index in [4.69, 9.17) is 0 Å². The standard InChI is InChI=1S/C11H17N3O2S/c1-7-4-9(6-12-10(7)15)14-11(16)13-5-8(2)17-3/h4,6,8H,5H2,1-3H3,(H,12,15)(H2,13,14,16). The maximum atomic E-state index is 11.5. The van der Waals surface area contributed by atoms with Gasteiger partial charge in [-0.15, -0.1) is 0 Å². The molecule has 0 fully saturated rings. The molecule has 0 spiro atoms. The molecule has 1 atom stereocenters. The summed E-state index contributed by atoms with van der Waals surface area (Å²) in [5.41, 5.74) is 1.00. The number of H-pyrrole nitrogens is 1. The summed E-state index contributed by atoms with van der Waals surface area (Å²) in [7, 11) is 0. The van der Waals surface area contributed by atoms with Gasteiger partial charge >= 0.3 is 6.03 Å². The highest BCUT2D eigenvalue weighted by Crippen LogP contribution is 2.05. The van der Waals surface area contributed by atoms with Gasteiger partial charge in [-0.25, -0.2) is 4.79 Å². The van der Waals surface area contributed by atoms with Crippen LogP contribution >= 0.6 is 11.8 Å². The van der Waals surface area contributed by atoms with Crippen LogP contribution in [0.5, 0.6) is 0 Å². The van der Waals surface area contributed by atoms with E-state index in [0.717, 1.165) is 0 Å². The maximum Gasteiger partial charge on any atom is 0.319 e. The zero-order valence-electron chi connectivity index (χ0n) is 10.2. The number of carbonyl (C=O) groups excluding carboxylic acids is 1. The number of aryl methyl sites for hydroxylation is 1. The lowest BCUT2D eigenvalue weighted by Gasteiger charge is -2.11. The summed E-state index contributed by atoms with van der Waals surface area (Å²) in [5, 5.41) is 5.79. The molecular weight excluding hydrogens is 238 g/mol. The van der Waals surface area contributed by atoms with E-state index in [9.17, 15) is 9.59 Å². The van der Waals surface area contributed by atoms with Crippen LogP contribution in [0.3, 0.4) is 0 Å². The Hall–Kier alpha value is -1.43. The number of thioether (sulfide) groups is 1. The van der Waals surface area contributed by atoms with Crippen LogP contribution in [0.4, 0.5) is 10.5 Å². The molecular formula is C11H17N3O2S. The number of anilines is 1. The normalized spacial score (nSPS) is 11.9. The van der Waals surface area contributed by atoms with E-state index in [-0.39, 0.29) is 11.6 Å². The molecule has 0 radical (unpaired) electrons. The fourth-order valence-electron chi connectivity index (χ4n) is 1.16. The number of urea groups is 1.